The molecule has 32 heavy (non-hydrogen) atoms. The van der Waals surface area contributed by atoms with Crippen LogP contribution < -0.4 is 5.43 Å². The van der Waals surface area contributed by atoms with E-state index in [1.54, 1.807) is 0 Å². The van der Waals surface area contributed by atoms with Crippen LogP contribution in [0.3, 0.4) is 0 Å². The van der Waals surface area contributed by atoms with E-state index in [9.17, 15) is 9.90 Å². The SMILES string of the molecule is O=c1cc(CN2CCCCCC2)oc(CN2CCN(C/C=C/c3ccccc3)CC2)c1O. The van der Waals surface area contributed by atoms with Crippen LogP contribution in [0.1, 0.15) is 42.8 Å². The van der Waals surface area contributed by atoms with Crippen molar-refractivity contribution < 1.29 is 9.52 Å². The number of hydrogen-bond donors (Lipinski definition) is 1. The minimum absolute atomic E-state index is 0.238. The molecule has 0 spiro atoms. The lowest BCUT2D eigenvalue weighted by atomic mass is 10.2. The van der Waals surface area contributed by atoms with E-state index >= 15 is 0 Å². The molecule has 0 amide bonds. The highest BCUT2D eigenvalue weighted by molar-refractivity contribution is 5.48. The Balaban J connectivity index is 1.29. The highest BCUT2D eigenvalue weighted by atomic mass is 16.4. The minimum Gasteiger partial charge on any atom is -0.502 e. The first-order chi connectivity index (χ1) is 15.7. The van der Waals surface area contributed by atoms with E-state index in [1.807, 2.05) is 6.07 Å². The van der Waals surface area contributed by atoms with Crippen LogP contribution in [0.15, 0.2) is 51.7 Å². The molecule has 0 atom stereocenters. The zero-order chi connectivity index (χ0) is 22.2. The number of piperazine rings is 1. The largest absolute Gasteiger partial charge is 0.502 e. The molecule has 0 saturated carbocycles. The fraction of sp³-hybridized carbons (Fsp3) is 0.500. The van der Waals surface area contributed by atoms with Crippen LogP contribution in [0.2, 0.25) is 0 Å². The molecule has 1 N–H and O–H groups in total. The molecule has 1 aromatic carbocycles. The Bertz CT molecular complexity index is 925. The fourth-order valence-corrected chi connectivity index (χ4v) is 4.52. The number of nitrogens with zero attached hydrogens (tertiary/aromatic N) is 3. The van der Waals surface area contributed by atoms with E-state index in [0.717, 1.165) is 45.8 Å². The Morgan fingerprint density at radius 3 is 2.22 bits per heavy atom. The topological polar surface area (TPSA) is 60.2 Å². The van der Waals surface area contributed by atoms with Crippen molar-refractivity contribution in [2.24, 2.45) is 0 Å². The van der Waals surface area contributed by atoms with Gasteiger partial charge in [0, 0.05) is 38.8 Å². The summed E-state index contributed by atoms with van der Waals surface area (Å²) in [6.45, 7) is 7.81. The van der Waals surface area contributed by atoms with Crippen LogP contribution in [-0.2, 0) is 13.1 Å². The van der Waals surface area contributed by atoms with Crippen LogP contribution >= 0.6 is 0 Å². The van der Waals surface area contributed by atoms with Gasteiger partial charge >= 0.3 is 0 Å². The average molecular weight is 438 g/mol. The first-order valence-corrected chi connectivity index (χ1v) is 11.9. The summed E-state index contributed by atoms with van der Waals surface area (Å²) in [5.74, 6) is 0.826. The smallest absolute Gasteiger partial charge is 0.227 e. The van der Waals surface area contributed by atoms with E-state index in [-0.39, 0.29) is 11.2 Å². The highest BCUT2D eigenvalue weighted by Crippen LogP contribution is 2.20. The van der Waals surface area contributed by atoms with Crippen molar-refractivity contribution >= 4 is 6.08 Å². The van der Waals surface area contributed by atoms with Gasteiger partial charge in [0.2, 0.25) is 11.2 Å². The van der Waals surface area contributed by atoms with Gasteiger partial charge in [0.05, 0.1) is 13.1 Å². The summed E-state index contributed by atoms with van der Waals surface area (Å²) in [5, 5.41) is 10.3. The van der Waals surface area contributed by atoms with Crippen molar-refractivity contribution in [3.8, 4) is 5.75 Å². The molecule has 6 heteroatoms. The van der Waals surface area contributed by atoms with Gasteiger partial charge in [-0.15, -0.1) is 0 Å². The summed E-state index contributed by atoms with van der Waals surface area (Å²) >= 11 is 0. The maximum absolute atomic E-state index is 12.3. The maximum Gasteiger partial charge on any atom is 0.227 e. The van der Waals surface area contributed by atoms with Crippen molar-refractivity contribution in [1.29, 1.82) is 0 Å². The van der Waals surface area contributed by atoms with Crippen molar-refractivity contribution in [3.05, 3.63) is 69.8 Å². The van der Waals surface area contributed by atoms with Crippen LogP contribution in [0.4, 0.5) is 0 Å². The lowest BCUT2D eigenvalue weighted by molar-refractivity contribution is 0.125. The Morgan fingerprint density at radius 2 is 1.50 bits per heavy atom. The highest BCUT2D eigenvalue weighted by Gasteiger charge is 2.21. The predicted molar refractivity (Wildman–Crippen MR) is 128 cm³/mol. The summed E-state index contributed by atoms with van der Waals surface area (Å²) in [6.07, 6.45) is 9.31. The van der Waals surface area contributed by atoms with Gasteiger partial charge in [-0.3, -0.25) is 19.5 Å². The summed E-state index contributed by atoms with van der Waals surface area (Å²) < 4.78 is 6.02. The normalized spacial score (nSPS) is 19.4. The van der Waals surface area contributed by atoms with Gasteiger partial charge in [0.25, 0.3) is 0 Å². The molecule has 2 fully saturated rings. The molecule has 6 nitrogen and oxygen atoms in total. The van der Waals surface area contributed by atoms with Crippen LogP contribution in [0, 0.1) is 0 Å². The molecule has 0 bridgehead atoms. The fourth-order valence-electron chi connectivity index (χ4n) is 4.52. The lowest BCUT2D eigenvalue weighted by Gasteiger charge is -2.33. The molecule has 0 unspecified atom stereocenters. The molecule has 172 valence electrons. The standard InChI is InChI=1S/C26H35N3O3/c30-24-19-23(20-28-12-6-1-2-7-13-28)32-25(26(24)31)21-29-17-15-27(16-18-29)14-8-11-22-9-4-3-5-10-22/h3-5,8-11,19,31H,1-2,6-7,12-18,20-21H2/b11-8+. The van der Waals surface area contributed by atoms with Crippen LogP contribution in [-0.4, -0.2) is 65.6 Å². The molecular formula is C26H35N3O3. The third-order valence-electron chi connectivity index (χ3n) is 6.43. The van der Waals surface area contributed by atoms with Crippen molar-refractivity contribution in [3.63, 3.8) is 0 Å². The molecular weight excluding hydrogens is 402 g/mol. The summed E-state index contributed by atoms with van der Waals surface area (Å²) in [5.41, 5.74) is 0.887. The van der Waals surface area contributed by atoms with Gasteiger partial charge in [-0.25, -0.2) is 0 Å². The summed E-state index contributed by atoms with van der Waals surface area (Å²) in [4.78, 5) is 19.4. The number of aromatic hydroxyl groups is 1. The van der Waals surface area contributed by atoms with Gasteiger partial charge in [-0.2, -0.15) is 0 Å². The summed E-state index contributed by atoms with van der Waals surface area (Å²) in [6, 6.07) is 11.8. The molecule has 2 aromatic rings. The maximum atomic E-state index is 12.3. The molecule has 0 aliphatic carbocycles. The van der Waals surface area contributed by atoms with Crippen molar-refractivity contribution in [1.82, 2.24) is 14.7 Å². The average Bonchev–Trinajstić information content (AvgIpc) is 3.08. The number of benzene rings is 1. The second kappa shape index (κ2) is 11.5. The van der Waals surface area contributed by atoms with Gasteiger partial charge in [-0.1, -0.05) is 55.3 Å². The number of likely N-dealkylation sites (tertiary alicyclic amines) is 1. The zero-order valence-corrected chi connectivity index (χ0v) is 18.9. The molecule has 2 aliphatic rings. The van der Waals surface area contributed by atoms with Gasteiger partial charge in [-0.05, 0) is 31.5 Å². The van der Waals surface area contributed by atoms with Crippen molar-refractivity contribution in [2.75, 3.05) is 45.8 Å². The molecule has 1 aromatic heterocycles. The lowest BCUT2D eigenvalue weighted by Crippen LogP contribution is -2.45. The Kier molecular flexibility index (Phi) is 8.15. The second-order valence-corrected chi connectivity index (χ2v) is 8.93. The minimum atomic E-state index is -0.333. The second-order valence-electron chi connectivity index (χ2n) is 8.93. The monoisotopic (exact) mass is 437 g/mol. The van der Waals surface area contributed by atoms with Gasteiger partial charge < -0.3 is 9.52 Å². The third-order valence-corrected chi connectivity index (χ3v) is 6.43. The number of rotatable bonds is 7. The molecule has 0 radical (unpaired) electrons. The molecule has 3 heterocycles. The van der Waals surface area contributed by atoms with E-state index in [2.05, 4.69) is 51.1 Å². The zero-order valence-electron chi connectivity index (χ0n) is 18.9. The van der Waals surface area contributed by atoms with E-state index in [1.165, 1.54) is 37.3 Å². The first-order valence-electron chi connectivity index (χ1n) is 11.9. The predicted octanol–water partition coefficient (Wildman–Crippen LogP) is 3.55. The molecule has 2 saturated heterocycles. The third kappa shape index (κ3) is 6.55. The van der Waals surface area contributed by atoms with Crippen LogP contribution in [0.25, 0.3) is 6.08 Å². The van der Waals surface area contributed by atoms with E-state index in [4.69, 9.17) is 4.42 Å². The van der Waals surface area contributed by atoms with Crippen LogP contribution in [0.5, 0.6) is 5.75 Å². The molecule has 2 aliphatic heterocycles. The number of hydrogen-bond acceptors (Lipinski definition) is 6. The summed E-state index contributed by atoms with van der Waals surface area (Å²) in [7, 11) is 0. The van der Waals surface area contributed by atoms with E-state index in [0.29, 0.717) is 24.6 Å². The Morgan fingerprint density at radius 1 is 0.844 bits per heavy atom. The van der Waals surface area contributed by atoms with E-state index < -0.39 is 0 Å². The van der Waals surface area contributed by atoms with Crippen molar-refractivity contribution in [2.45, 2.75) is 38.8 Å². The first kappa shape index (κ1) is 22.8. The molecule has 4 rings (SSSR count). The Labute approximate surface area is 190 Å². The Hall–Kier alpha value is -2.41. The quantitative estimate of drug-likeness (QED) is 0.715. The van der Waals surface area contributed by atoms with Gasteiger partial charge in [0.1, 0.15) is 5.76 Å². The van der Waals surface area contributed by atoms with Gasteiger partial charge in [0.15, 0.2) is 5.76 Å².